The van der Waals surface area contributed by atoms with Crippen LogP contribution >= 0.6 is 15.9 Å². The normalized spacial score (nSPS) is 10.5. The summed E-state index contributed by atoms with van der Waals surface area (Å²) < 4.78 is 0.812. The molecule has 0 aliphatic carbocycles. The zero-order chi connectivity index (χ0) is 14.3. The maximum atomic E-state index is 8.77. The highest BCUT2D eigenvalue weighted by Crippen LogP contribution is 2.19. The second kappa shape index (κ2) is 8.11. The van der Waals surface area contributed by atoms with E-state index in [1.54, 1.807) is 0 Å². The molecule has 1 aromatic rings. The largest absolute Gasteiger partial charge is 0.355 e. The molecule has 0 fully saturated rings. The molecule has 0 aromatic carbocycles. The van der Waals surface area contributed by atoms with Gasteiger partial charge >= 0.3 is 0 Å². The number of hydrogen-bond donors (Lipinski definition) is 0. The van der Waals surface area contributed by atoms with Crippen molar-refractivity contribution in [3.63, 3.8) is 0 Å². The zero-order valence-corrected chi connectivity index (χ0v) is 13.4. The van der Waals surface area contributed by atoms with E-state index < -0.39 is 0 Å². The van der Waals surface area contributed by atoms with Crippen LogP contribution < -0.4 is 4.90 Å². The Morgan fingerprint density at radius 3 is 2.74 bits per heavy atom. The predicted molar refractivity (Wildman–Crippen MR) is 81.0 cm³/mol. The van der Waals surface area contributed by atoms with Crippen molar-refractivity contribution in [1.29, 1.82) is 5.26 Å². The number of hydrogen-bond acceptors (Lipinski definition) is 4. The van der Waals surface area contributed by atoms with E-state index >= 15 is 0 Å². The van der Waals surface area contributed by atoms with E-state index in [1.165, 1.54) is 0 Å². The lowest BCUT2D eigenvalue weighted by Crippen LogP contribution is -2.29. The number of halogens is 1. The zero-order valence-electron chi connectivity index (χ0n) is 11.9. The van der Waals surface area contributed by atoms with Gasteiger partial charge in [0.1, 0.15) is 16.2 Å². The number of aromatic nitrogens is 2. The summed E-state index contributed by atoms with van der Waals surface area (Å²) in [7, 11) is 0. The Morgan fingerprint density at radius 1 is 1.42 bits per heavy atom. The van der Waals surface area contributed by atoms with E-state index in [4.69, 9.17) is 5.26 Å². The molecule has 4 nitrogen and oxygen atoms in total. The quantitative estimate of drug-likeness (QED) is 0.719. The number of nitriles is 1. The molecule has 0 radical (unpaired) electrons. The minimum atomic E-state index is 0.511. The van der Waals surface area contributed by atoms with E-state index in [1.807, 2.05) is 6.07 Å². The highest BCUT2D eigenvalue weighted by atomic mass is 79.9. The first-order valence-electron chi connectivity index (χ1n) is 6.72. The molecule has 0 atom stereocenters. The molecule has 0 aliphatic heterocycles. The first kappa shape index (κ1) is 15.9. The Morgan fingerprint density at radius 2 is 2.16 bits per heavy atom. The number of anilines is 1. The Hall–Kier alpha value is -1.15. The van der Waals surface area contributed by atoms with Crippen LogP contribution in [0.3, 0.4) is 0 Å². The van der Waals surface area contributed by atoms with Crippen LogP contribution in [0.2, 0.25) is 0 Å². The predicted octanol–water partition coefficient (Wildman–Crippen LogP) is 3.57. The maximum absolute atomic E-state index is 8.77. The molecule has 5 heteroatoms. The summed E-state index contributed by atoms with van der Waals surface area (Å²) in [5.74, 6) is 2.30. The van der Waals surface area contributed by atoms with Crippen molar-refractivity contribution in [3.05, 3.63) is 16.5 Å². The Labute approximate surface area is 124 Å². The van der Waals surface area contributed by atoms with Crippen molar-refractivity contribution in [3.8, 4) is 6.07 Å². The maximum Gasteiger partial charge on any atom is 0.133 e. The van der Waals surface area contributed by atoms with Crippen LogP contribution in [0.4, 0.5) is 5.82 Å². The molecule has 0 aliphatic rings. The molecule has 1 rings (SSSR count). The van der Waals surface area contributed by atoms with Gasteiger partial charge in [-0.05, 0) is 28.3 Å². The van der Waals surface area contributed by atoms with Crippen LogP contribution in [0, 0.1) is 17.2 Å². The standard InChI is InChI=1S/C14H21BrN4/c1-4-6-13-17-12(15)9-14(18-13)19(8-5-7-16)10-11(2)3/h9,11H,4-6,8,10H2,1-3H3. The molecule has 0 saturated heterocycles. The molecule has 0 amide bonds. The van der Waals surface area contributed by atoms with Crippen LogP contribution in [-0.4, -0.2) is 23.1 Å². The average Bonchev–Trinajstić information content (AvgIpc) is 2.33. The summed E-state index contributed by atoms with van der Waals surface area (Å²) in [4.78, 5) is 11.2. The molecular formula is C14H21BrN4. The number of nitrogens with zero attached hydrogens (tertiary/aromatic N) is 4. The Kier molecular flexibility index (Phi) is 6.79. The fraction of sp³-hybridized carbons (Fsp3) is 0.643. The summed E-state index contributed by atoms with van der Waals surface area (Å²) in [6.07, 6.45) is 2.41. The van der Waals surface area contributed by atoms with Crippen molar-refractivity contribution >= 4 is 21.7 Å². The van der Waals surface area contributed by atoms with Gasteiger partial charge in [0.15, 0.2) is 0 Å². The van der Waals surface area contributed by atoms with Crippen molar-refractivity contribution in [2.45, 2.75) is 40.0 Å². The number of rotatable bonds is 7. The Bertz CT molecular complexity index is 440. The van der Waals surface area contributed by atoms with Crippen LogP contribution in [0.25, 0.3) is 0 Å². The fourth-order valence-electron chi connectivity index (χ4n) is 1.87. The van der Waals surface area contributed by atoms with E-state index in [9.17, 15) is 0 Å². The molecule has 0 saturated carbocycles. The second-order valence-electron chi connectivity index (χ2n) is 4.96. The highest BCUT2D eigenvalue weighted by Gasteiger charge is 2.12. The molecule has 104 valence electrons. The van der Waals surface area contributed by atoms with E-state index in [0.717, 1.165) is 35.6 Å². The molecule has 0 unspecified atom stereocenters. The first-order valence-corrected chi connectivity index (χ1v) is 7.51. The van der Waals surface area contributed by atoms with E-state index in [-0.39, 0.29) is 0 Å². The third-order valence-electron chi connectivity index (χ3n) is 2.60. The summed E-state index contributed by atoms with van der Waals surface area (Å²) in [6, 6.07) is 4.13. The smallest absolute Gasteiger partial charge is 0.133 e. The van der Waals surface area contributed by atoms with Gasteiger partial charge < -0.3 is 4.90 Å². The topological polar surface area (TPSA) is 52.8 Å². The van der Waals surface area contributed by atoms with Crippen LogP contribution in [0.1, 0.15) is 39.4 Å². The molecule has 1 heterocycles. The SMILES string of the molecule is CCCc1nc(Br)cc(N(CCC#N)CC(C)C)n1. The highest BCUT2D eigenvalue weighted by molar-refractivity contribution is 9.10. The van der Waals surface area contributed by atoms with Gasteiger partial charge in [-0.25, -0.2) is 9.97 Å². The van der Waals surface area contributed by atoms with Gasteiger partial charge in [0.25, 0.3) is 0 Å². The fourth-order valence-corrected chi connectivity index (χ4v) is 2.28. The van der Waals surface area contributed by atoms with Gasteiger partial charge in [-0.2, -0.15) is 5.26 Å². The summed E-state index contributed by atoms with van der Waals surface area (Å²) >= 11 is 3.44. The van der Waals surface area contributed by atoms with E-state index in [2.05, 4.69) is 57.6 Å². The summed E-state index contributed by atoms with van der Waals surface area (Å²) in [5.41, 5.74) is 0. The average molecular weight is 325 g/mol. The molecule has 1 aromatic heterocycles. The minimum Gasteiger partial charge on any atom is -0.355 e. The molecule has 0 N–H and O–H groups in total. The van der Waals surface area contributed by atoms with Crippen molar-refractivity contribution in [1.82, 2.24) is 9.97 Å². The third kappa shape index (κ3) is 5.56. The van der Waals surface area contributed by atoms with Crippen LogP contribution in [0.15, 0.2) is 10.7 Å². The van der Waals surface area contributed by atoms with Gasteiger partial charge in [-0.3, -0.25) is 0 Å². The van der Waals surface area contributed by atoms with Crippen LogP contribution in [-0.2, 0) is 6.42 Å². The van der Waals surface area contributed by atoms with E-state index in [0.29, 0.717) is 18.9 Å². The van der Waals surface area contributed by atoms with Gasteiger partial charge in [-0.1, -0.05) is 20.8 Å². The lowest BCUT2D eigenvalue weighted by atomic mass is 10.2. The minimum absolute atomic E-state index is 0.511. The number of aryl methyl sites for hydroxylation is 1. The molecular weight excluding hydrogens is 304 g/mol. The monoisotopic (exact) mass is 324 g/mol. The summed E-state index contributed by atoms with van der Waals surface area (Å²) in [5, 5.41) is 8.77. The molecule has 0 bridgehead atoms. The summed E-state index contributed by atoms with van der Waals surface area (Å²) in [6.45, 7) is 8.07. The second-order valence-corrected chi connectivity index (χ2v) is 5.78. The van der Waals surface area contributed by atoms with Gasteiger partial charge in [0, 0.05) is 25.6 Å². The van der Waals surface area contributed by atoms with Gasteiger partial charge in [0.05, 0.1) is 12.5 Å². The third-order valence-corrected chi connectivity index (χ3v) is 3.01. The lowest BCUT2D eigenvalue weighted by molar-refractivity contribution is 0.605. The van der Waals surface area contributed by atoms with Gasteiger partial charge in [0.2, 0.25) is 0 Å². The molecule has 19 heavy (non-hydrogen) atoms. The van der Waals surface area contributed by atoms with Gasteiger partial charge in [-0.15, -0.1) is 0 Å². The lowest BCUT2D eigenvalue weighted by Gasteiger charge is -2.25. The Balaban J connectivity index is 2.96. The van der Waals surface area contributed by atoms with Crippen molar-refractivity contribution < 1.29 is 0 Å². The van der Waals surface area contributed by atoms with Crippen molar-refractivity contribution in [2.75, 3.05) is 18.0 Å². The molecule has 0 spiro atoms. The van der Waals surface area contributed by atoms with Crippen molar-refractivity contribution in [2.24, 2.45) is 5.92 Å². The van der Waals surface area contributed by atoms with Crippen LogP contribution in [0.5, 0.6) is 0 Å². The first-order chi connectivity index (χ1) is 9.06.